The van der Waals surface area contributed by atoms with Crippen molar-refractivity contribution in [3.8, 4) is 0 Å². The lowest BCUT2D eigenvalue weighted by atomic mass is 11.5. The molecule has 0 amide bonds. The molecule has 0 aromatic carbocycles. The van der Waals surface area contributed by atoms with Crippen molar-refractivity contribution in [3.63, 3.8) is 0 Å². The van der Waals surface area contributed by atoms with Gasteiger partial charge in [0.15, 0.2) is 0 Å². The third kappa shape index (κ3) is 3.08. The summed E-state index contributed by atoms with van der Waals surface area (Å²) in [4.78, 5) is 0. The van der Waals surface area contributed by atoms with Gasteiger partial charge in [0.25, 0.3) is 0 Å². The number of nitrogens with two attached hydrogens (primary N) is 1. The van der Waals surface area contributed by atoms with Crippen LogP contribution >= 0.6 is 11.8 Å². The molecule has 0 aliphatic heterocycles. The zero-order valence-corrected chi connectivity index (χ0v) is 6.01. The van der Waals surface area contributed by atoms with Gasteiger partial charge in [-0.3, -0.25) is 4.21 Å². The largest absolute Gasteiger partial charge is 0.309 e. The van der Waals surface area contributed by atoms with Gasteiger partial charge >= 0.3 is 0 Å². The number of thioether (sulfide) groups is 1. The van der Waals surface area contributed by atoms with Crippen LogP contribution in [-0.4, -0.2) is 21.4 Å². The van der Waals surface area contributed by atoms with E-state index in [1.54, 1.807) is 6.26 Å². The van der Waals surface area contributed by atoms with Crippen molar-refractivity contribution in [1.82, 2.24) is 0 Å². The molecule has 0 aromatic rings. The highest BCUT2D eigenvalue weighted by atomic mass is 32.2. The van der Waals surface area contributed by atoms with E-state index in [4.69, 9.17) is 5.73 Å². The van der Waals surface area contributed by atoms with Gasteiger partial charge in [-0.25, -0.2) is 0 Å². The molecule has 2 atom stereocenters. The summed E-state index contributed by atoms with van der Waals surface area (Å²) in [5.41, 5.74) is 5.28. The van der Waals surface area contributed by atoms with Crippen molar-refractivity contribution >= 4 is 22.6 Å². The first-order valence-corrected chi connectivity index (χ1v) is 4.70. The van der Waals surface area contributed by atoms with Crippen LogP contribution in [0.3, 0.4) is 0 Å². The minimum atomic E-state index is -0.870. The maximum Gasteiger partial charge on any atom is 0.127 e. The van der Waals surface area contributed by atoms with Gasteiger partial charge in [0.1, 0.15) is 4.71 Å². The molecule has 2 N–H and O–H groups in total. The molecule has 0 spiro atoms. The first-order valence-electron chi connectivity index (χ1n) is 1.79. The Morgan fingerprint density at radius 1 is 1.86 bits per heavy atom. The lowest BCUT2D eigenvalue weighted by Crippen LogP contribution is -2.19. The van der Waals surface area contributed by atoms with E-state index < -0.39 is 10.8 Å². The number of hydrogen-bond acceptors (Lipinski definition) is 3. The Kier molecular flexibility index (Phi) is 3.69. The maximum atomic E-state index is 10.3. The van der Waals surface area contributed by atoms with Crippen molar-refractivity contribution in [1.29, 1.82) is 0 Å². The van der Waals surface area contributed by atoms with Gasteiger partial charge in [-0.1, -0.05) is 0 Å². The Labute approximate surface area is 50.3 Å². The van der Waals surface area contributed by atoms with Crippen molar-refractivity contribution in [2.24, 2.45) is 5.73 Å². The van der Waals surface area contributed by atoms with Crippen LogP contribution in [0.2, 0.25) is 0 Å². The Balaban J connectivity index is 3.34. The molecule has 0 heterocycles. The van der Waals surface area contributed by atoms with Gasteiger partial charge in [-0.05, 0) is 6.26 Å². The van der Waals surface area contributed by atoms with Crippen LogP contribution < -0.4 is 5.73 Å². The maximum absolute atomic E-state index is 10.3. The average molecular weight is 139 g/mol. The topological polar surface area (TPSA) is 43.1 Å². The predicted molar refractivity (Wildman–Crippen MR) is 35.6 cm³/mol. The molecule has 4 heteroatoms. The third-order valence-electron chi connectivity index (χ3n) is 0.559. The molecule has 2 nitrogen and oxygen atoms in total. The van der Waals surface area contributed by atoms with E-state index in [1.807, 2.05) is 6.26 Å². The van der Waals surface area contributed by atoms with Gasteiger partial charge in [0.2, 0.25) is 0 Å². The monoisotopic (exact) mass is 139 g/mol. The highest BCUT2D eigenvalue weighted by Gasteiger charge is 2.00. The lowest BCUT2D eigenvalue weighted by Gasteiger charge is -2.00. The molecule has 0 bridgehead atoms. The van der Waals surface area contributed by atoms with Crippen LogP contribution in [0.15, 0.2) is 0 Å². The second kappa shape index (κ2) is 3.46. The highest BCUT2D eigenvalue weighted by Crippen LogP contribution is 2.00. The van der Waals surface area contributed by atoms with E-state index in [0.29, 0.717) is 0 Å². The summed E-state index contributed by atoms with van der Waals surface area (Å²) in [5, 5.41) is 0. The van der Waals surface area contributed by atoms with Crippen molar-refractivity contribution in [2.75, 3.05) is 12.5 Å². The molecule has 0 aromatic heterocycles. The van der Waals surface area contributed by atoms with Crippen molar-refractivity contribution < 1.29 is 4.21 Å². The van der Waals surface area contributed by atoms with Gasteiger partial charge in [0.05, 0.1) is 0 Å². The lowest BCUT2D eigenvalue weighted by molar-refractivity contribution is 0.685. The van der Waals surface area contributed by atoms with E-state index in [-0.39, 0.29) is 4.71 Å². The number of hydrogen-bond donors (Lipinski definition) is 1. The minimum Gasteiger partial charge on any atom is -0.309 e. The van der Waals surface area contributed by atoms with Crippen molar-refractivity contribution in [2.45, 2.75) is 4.71 Å². The molecular formula is C3H9NOS2. The Hall–Kier alpha value is 0.460. The minimum absolute atomic E-state index is 0.208. The summed E-state index contributed by atoms with van der Waals surface area (Å²) in [6, 6.07) is 0. The second-order valence-corrected chi connectivity index (χ2v) is 3.89. The zero-order chi connectivity index (χ0) is 5.86. The van der Waals surface area contributed by atoms with Gasteiger partial charge < -0.3 is 5.73 Å². The van der Waals surface area contributed by atoms with Crippen LogP contribution in [0.4, 0.5) is 0 Å². The summed E-state index contributed by atoms with van der Waals surface area (Å²) in [5.74, 6) is 0. The Morgan fingerprint density at radius 3 is 2.29 bits per heavy atom. The van der Waals surface area contributed by atoms with Crippen LogP contribution in [0, 0.1) is 0 Å². The fraction of sp³-hybridized carbons (Fsp3) is 1.00. The third-order valence-corrected chi connectivity index (χ3v) is 3.07. The van der Waals surface area contributed by atoms with E-state index >= 15 is 0 Å². The van der Waals surface area contributed by atoms with E-state index in [2.05, 4.69) is 0 Å². The first kappa shape index (κ1) is 7.46. The standard InChI is InChI=1S/C3H9NOS2/c1-6-3(4)7(2)5/h3H,4H2,1-2H3. The smallest absolute Gasteiger partial charge is 0.127 e. The molecule has 7 heavy (non-hydrogen) atoms. The van der Waals surface area contributed by atoms with E-state index in [0.717, 1.165) is 0 Å². The van der Waals surface area contributed by atoms with Crippen LogP contribution in [0.5, 0.6) is 0 Å². The molecule has 0 saturated heterocycles. The second-order valence-electron chi connectivity index (χ2n) is 1.10. The summed E-state index contributed by atoms with van der Waals surface area (Å²) in [6.07, 6.45) is 3.44. The van der Waals surface area contributed by atoms with Crippen LogP contribution in [0.25, 0.3) is 0 Å². The van der Waals surface area contributed by atoms with Crippen LogP contribution in [0.1, 0.15) is 0 Å². The highest BCUT2D eigenvalue weighted by molar-refractivity contribution is 8.10. The molecule has 0 radical (unpaired) electrons. The molecule has 0 aliphatic carbocycles. The summed E-state index contributed by atoms with van der Waals surface area (Å²) >= 11 is 1.41. The molecule has 0 saturated carbocycles. The van der Waals surface area contributed by atoms with E-state index in [1.165, 1.54) is 11.8 Å². The summed E-state index contributed by atoms with van der Waals surface area (Å²) in [6.45, 7) is 0. The predicted octanol–water partition coefficient (Wildman–Crippen LogP) is -0.0298. The van der Waals surface area contributed by atoms with Crippen LogP contribution in [-0.2, 0) is 10.8 Å². The fourth-order valence-corrected chi connectivity index (χ4v) is 1.22. The quantitative estimate of drug-likeness (QED) is 0.546. The number of rotatable bonds is 2. The Bertz CT molecular complexity index is 75.3. The Morgan fingerprint density at radius 2 is 2.29 bits per heavy atom. The van der Waals surface area contributed by atoms with E-state index in [9.17, 15) is 4.21 Å². The summed E-state index contributed by atoms with van der Waals surface area (Å²) in [7, 11) is -0.870. The zero-order valence-electron chi connectivity index (χ0n) is 4.38. The molecule has 0 rings (SSSR count). The fourth-order valence-electron chi connectivity index (χ4n) is 0.136. The summed E-state index contributed by atoms with van der Waals surface area (Å²) < 4.78 is 10.1. The normalized spacial score (nSPS) is 18.7. The molecular weight excluding hydrogens is 130 g/mol. The molecule has 0 aliphatic rings. The SMILES string of the molecule is CSC(N)S(C)=O. The molecule has 0 fully saturated rings. The average Bonchev–Trinajstić information content (AvgIpc) is 1.65. The van der Waals surface area contributed by atoms with Gasteiger partial charge in [-0.2, -0.15) is 0 Å². The van der Waals surface area contributed by atoms with Gasteiger partial charge in [0, 0.05) is 17.1 Å². The van der Waals surface area contributed by atoms with Crippen molar-refractivity contribution in [3.05, 3.63) is 0 Å². The first-order chi connectivity index (χ1) is 3.18. The van der Waals surface area contributed by atoms with Gasteiger partial charge in [-0.15, -0.1) is 11.8 Å². The molecule has 44 valence electrons. The molecule has 2 unspecified atom stereocenters.